The molecule has 3 heterocycles. The second-order valence-corrected chi connectivity index (χ2v) is 7.16. The number of aromatic nitrogens is 2. The monoisotopic (exact) mass is 370 g/mol. The molecule has 28 heavy (non-hydrogen) atoms. The molecule has 1 aliphatic carbocycles. The summed E-state index contributed by atoms with van der Waals surface area (Å²) in [5.41, 5.74) is 5.96. The Hall–Kier alpha value is -3.59. The molecular formula is C22H18N4O2. The fourth-order valence-electron chi connectivity index (χ4n) is 3.99. The highest BCUT2D eigenvalue weighted by molar-refractivity contribution is 5.99. The van der Waals surface area contributed by atoms with Crippen molar-refractivity contribution in [3.63, 3.8) is 0 Å². The number of pyridine rings is 1. The van der Waals surface area contributed by atoms with Gasteiger partial charge in [0, 0.05) is 23.3 Å². The van der Waals surface area contributed by atoms with E-state index in [4.69, 9.17) is 4.74 Å². The average molecular weight is 370 g/mol. The predicted octanol–water partition coefficient (Wildman–Crippen LogP) is 4.27. The zero-order valence-electron chi connectivity index (χ0n) is 15.2. The topological polar surface area (TPSA) is 90.8 Å². The summed E-state index contributed by atoms with van der Waals surface area (Å²) >= 11 is 0. The summed E-state index contributed by atoms with van der Waals surface area (Å²) in [6, 6.07) is 10.2. The van der Waals surface area contributed by atoms with Crippen LogP contribution in [0.15, 0.2) is 42.7 Å². The summed E-state index contributed by atoms with van der Waals surface area (Å²) in [4.78, 5) is 19.3. The number of carbonyl (C=O) groups is 1. The normalized spacial score (nSPS) is 18.6. The number of H-pyrrole nitrogens is 1. The highest BCUT2D eigenvalue weighted by Gasteiger charge is 2.22. The number of anilines is 1. The molecule has 2 aliphatic rings. The Morgan fingerprint density at radius 3 is 3.04 bits per heavy atom. The van der Waals surface area contributed by atoms with Gasteiger partial charge in [-0.2, -0.15) is 5.26 Å². The molecule has 1 atom stereocenters. The number of hydrogen-bond donors (Lipinski definition) is 2. The number of rotatable bonds is 2. The van der Waals surface area contributed by atoms with Crippen molar-refractivity contribution in [3.8, 4) is 22.9 Å². The lowest BCUT2D eigenvalue weighted by atomic mass is 9.84. The maximum absolute atomic E-state index is 11.5. The van der Waals surface area contributed by atoms with E-state index < -0.39 is 0 Å². The lowest BCUT2D eigenvalue weighted by molar-refractivity contribution is -0.118. The Labute approximate surface area is 161 Å². The number of hydrogen-bond acceptors (Lipinski definition) is 4. The Bertz CT molecular complexity index is 1170. The molecule has 0 spiro atoms. The molecule has 6 heteroatoms. The van der Waals surface area contributed by atoms with Crippen molar-refractivity contribution in [2.24, 2.45) is 5.92 Å². The van der Waals surface area contributed by atoms with Gasteiger partial charge in [-0.15, -0.1) is 0 Å². The second-order valence-electron chi connectivity index (χ2n) is 7.16. The third-order valence-corrected chi connectivity index (χ3v) is 5.43. The van der Waals surface area contributed by atoms with Crippen LogP contribution in [-0.2, 0) is 4.79 Å². The van der Waals surface area contributed by atoms with Crippen LogP contribution in [0.3, 0.4) is 0 Å². The quantitative estimate of drug-likeness (QED) is 0.705. The van der Waals surface area contributed by atoms with Crippen LogP contribution >= 0.6 is 0 Å². The van der Waals surface area contributed by atoms with Crippen LogP contribution in [0.25, 0.3) is 27.7 Å². The number of benzene rings is 1. The first kappa shape index (κ1) is 16.6. The Kier molecular flexibility index (Phi) is 3.87. The van der Waals surface area contributed by atoms with E-state index in [0.29, 0.717) is 11.4 Å². The van der Waals surface area contributed by atoms with Gasteiger partial charge in [-0.3, -0.25) is 4.79 Å². The van der Waals surface area contributed by atoms with E-state index in [1.807, 2.05) is 36.7 Å². The van der Waals surface area contributed by atoms with Crippen molar-refractivity contribution in [2.45, 2.75) is 19.3 Å². The Morgan fingerprint density at radius 2 is 2.21 bits per heavy atom. The van der Waals surface area contributed by atoms with E-state index in [9.17, 15) is 10.1 Å². The van der Waals surface area contributed by atoms with Gasteiger partial charge >= 0.3 is 0 Å². The zero-order valence-corrected chi connectivity index (χ0v) is 15.2. The fraction of sp³-hybridized carbons (Fsp3) is 0.227. The standard InChI is InChI=1S/C22H18N4O2/c23-10-13-1-3-14(4-2-13)21-16-7-8-24-22(16)25-11-17(21)15-5-6-18-19(9-15)28-12-20(27)26-18/h3,5-9,11,13H,1-2,4,12H2,(H,24,25)(H,26,27). The minimum absolute atomic E-state index is 0.0269. The lowest BCUT2D eigenvalue weighted by Gasteiger charge is -2.22. The van der Waals surface area contributed by atoms with Gasteiger partial charge in [0.25, 0.3) is 5.91 Å². The predicted molar refractivity (Wildman–Crippen MR) is 107 cm³/mol. The maximum Gasteiger partial charge on any atom is 0.262 e. The van der Waals surface area contributed by atoms with Gasteiger partial charge in [-0.1, -0.05) is 12.1 Å². The van der Waals surface area contributed by atoms with Gasteiger partial charge in [-0.05, 0) is 54.2 Å². The third kappa shape index (κ3) is 2.72. The summed E-state index contributed by atoms with van der Waals surface area (Å²) in [6.07, 6.45) is 8.49. The average Bonchev–Trinajstić information content (AvgIpc) is 3.21. The van der Waals surface area contributed by atoms with Crippen LogP contribution in [-0.4, -0.2) is 22.5 Å². The number of carbonyl (C=O) groups excluding carboxylic acids is 1. The highest BCUT2D eigenvalue weighted by Crippen LogP contribution is 2.41. The molecule has 2 aromatic heterocycles. The number of aromatic amines is 1. The first-order valence-electron chi connectivity index (χ1n) is 9.35. The van der Waals surface area contributed by atoms with E-state index in [1.54, 1.807) is 0 Å². The summed E-state index contributed by atoms with van der Waals surface area (Å²) < 4.78 is 5.60. The van der Waals surface area contributed by atoms with Crippen LogP contribution in [0.4, 0.5) is 5.69 Å². The highest BCUT2D eigenvalue weighted by atomic mass is 16.5. The smallest absolute Gasteiger partial charge is 0.262 e. The Morgan fingerprint density at radius 1 is 1.29 bits per heavy atom. The summed E-state index contributed by atoms with van der Waals surface area (Å²) in [6.45, 7) is 0.0269. The van der Waals surface area contributed by atoms with E-state index in [1.165, 1.54) is 5.57 Å². The number of nitriles is 1. The molecule has 3 aromatic rings. The lowest BCUT2D eigenvalue weighted by Crippen LogP contribution is -2.25. The molecule has 2 N–H and O–H groups in total. The molecule has 0 saturated heterocycles. The second kappa shape index (κ2) is 6.54. The largest absolute Gasteiger partial charge is 0.482 e. The summed E-state index contributed by atoms with van der Waals surface area (Å²) in [7, 11) is 0. The number of amides is 1. The first-order chi connectivity index (χ1) is 13.7. The molecular weight excluding hydrogens is 352 g/mol. The van der Waals surface area contributed by atoms with Gasteiger partial charge in [0.15, 0.2) is 6.61 Å². The van der Waals surface area contributed by atoms with Crippen molar-refractivity contribution in [1.82, 2.24) is 9.97 Å². The molecule has 0 bridgehead atoms. The minimum Gasteiger partial charge on any atom is -0.482 e. The minimum atomic E-state index is -0.143. The number of nitrogens with zero attached hydrogens (tertiary/aromatic N) is 2. The van der Waals surface area contributed by atoms with Crippen LogP contribution in [0.1, 0.15) is 24.8 Å². The van der Waals surface area contributed by atoms with Crippen LogP contribution in [0, 0.1) is 17.2 Å². The third-order valence-electron chi connectivity index (χ3n) is 5.43. The number of allylic oxidation sites excluding steroid dienone is 2. The molecule has 6 nitrogen and oxygen atoms in total. The van der Waals surface area contributed by atoms with Gasteiger partial charge in [-0.25, -0.2) is 4.98 Å². The number of nitrogens with one attached hydrogen (secondary N) is 2. The summed E-state index contributed by atoms with van der Waals surface area (Å²) in [5, 5.41) is 13.1. The van der Waals surface area contributed by atoms with Crippen LogP contribution < -0.4 is 10.1 Å². The van der Waals surface area contributed by atoms with Gasteiger partial charge < -0.3 is 15.0 Å². The van der Waals surface area contributed by atoms with E-state index in [2.05, 4.69) is 27.4 Å². The Balaban J connectivity index is 1.66. The number of fused-ring (bicyclic) bond motifs is 2. The van der Waals surface area contributed by atoms with Gasteiger partial charge in [0.2, 0.25) is 0 Å². The van der Waals surface area contributed by atoms with Crippen LogP contribution in [0.2, 0.25) is 0 Å². The number of ether oxygens (including phenoxy) is 1. The van der Waals surface area contributed by atoms with E-state index in [-0.39, 0.29) is 18.4 Å². The fourth-order valence-corrected chi connectivity index (χ4v) is 3.99. The zero-order chi connectivity index (χ0) is 19.1. The molecule has 138 valence electrons. The van der Waals surface area contributed by atoms with Crippen LogP contribution in [0.5, 0.6) is 5.75 Å². The summed E-state index contributed by atoms with van der Waals surface area (Å²) in [5.74, 6) is 0.617. The van der Waals surface area contributed by atoms with Crippen molar-refractivity contribution in [2.75, 3.05) is 11.9 Å². The molecule has 1 amide bonds. The maximum atomic E-state index is 11.5. The van der Waals surface area contributed by atoms with Gasteiger partial charge in [0.05, 0.1) is 17.7 Å². The molecule has 0 radical (unpaired) electrons. The molecule has 1 aromatic carbocycles. The molecule has 1 unspecified atom stereocenters. The molecule has 1 aliphatic heterocycles. The SMILES string of the molecule is N#CC1CC=C(c2c(-c3ccc4c(c3)OCC(=O)N4)cnc3[nH]ccc23)CC1. The van der Waals surface area contributed by atoms with Crippen molar-refractivity contribution in [3.05, 3.63) is 48.3 Å². The van der Waals surface area contributed by atoms with E-state index in [0.717, 1.165) is 47.0 Å². The molecule has 0 saturated carbocycles. The van der Waals surface area contributed by atoms with Crippen molar-refractivity contribution in [1.29, 1.82) is 5.26 Å². The van der Waals surface area contributed by atoms with E-state index >= 15 is 0 Å². The molecule has 5 rings (SSSR count). The van der Waals surface area contributed by atoms with Gasteiger partial charge in [0.1, 0.15) is 11.4 Å². The molecule has 0 fully saturated rings. The first-order valence-corrected chi connectivity index (χ1v) is 9.35. The van der Waals surface area contributed by atoms with Crippen molar-refractivity contribution >= 4 is 28.2 Å². The van der Waals surface area contributed by atoms with Crippen molar-refractivity contribution < 1.29 is 9.53 Å².